The van der Waals surface area contributed by atoms with E-state index < -0.39 is 5.97 Å². The second kappa shape index (κ2) is 7.35. The van der Waals surface area contributed by atoms with Crippen molar-refractivity contribution in [1.29, 1.82) is 0 Å². The summed E-state index contributed by atoms with van der Waals surface area (Å²) in [7, 11) is 0. The summed E-state index contributed by atoms with van der Waals surface area (Å²) in [5.41, 5.74) is 1.53. The van der Waals surface area contributed by atoms with E-state index >= 15 is 0 Å². The van der Waals surface area contributed by atoms with Gasteiger partial charge in [-0.15, -0.1) is 0 Å². The molecule has 1 heterocycles. The molecule has 7 nitrogen and oxygen atoms in total. The molecule has 0 unspecified atom stereocenters. The molecular weight excluding hydrogens is 336 g/mol. The minimum Gasteiger partial charge on any atom is -0.478 e. The Kier molecular flexibility index (Phi) is 4.80. The monoisotopic (exact) mass is 350 g/mol. The van der Waals surface area contributed by atoms with Crippen molar-refractivity contribution in [3.05, 3.63) is 83.8 Å². The van der Waals surface area contributed by atoms with Crippen LogP contribution in [0.1, 0.15) is 31.3 Å². The SMILES string of the molecule is O=C(O)c1ccc(NC(=O)c2ccc(NC(=O)c3ccco3)cc2)cc1. The average Bonchev–Trinajstić information content (AvgIpc) is 3.17. The molecule has 0 aliphatic carbocycles. The zero-order valence-corrected chi connectivity index (χ0v) is 13.4. The fourth-order valence-electron chi connectivity index (χ4n) is 2.20. The first-order valence-electron chi connectivity index (χ1n) is 7.62. The maximum Gasteiger partial charge on any atom is 0.335 e. The molecule has 3 aromatic rings. The summed E-state index contributed by atoms with van der Waals surface area (Å²) < 4.78 is 5.01. The molecule has 0 saturated heterocycles. The molecule has 0 aliphatic heterocycles. The van der Waals surface area contributed by atoms with E-state index in [0.717, 1.165) is 0 Å². The second-order valence-electron chi connectivity index (χ2n) is 5.35. The second-order valence-corrected chi connectivity index (χ2v) is 5.35. The third-order valence-corrected chi connectivity index (χ3v) is 3.54. The van der Waals surface area contributed by atoms with Gasteiger partial charge in [-0.2, -0.15) is 0 Å². The van der Waals surface area contributed by atoms with Crippen LogP contribution in [0.4, 0.5) is 11.4 Å². The van der Waals surface area contributed by atoms with Gasteiger partial charge in [0.05, 0.1) is 11.8 Å². The molecule has 0 atom stereocenters. The van der Waals surface area contributed by atoms with Crippen molar-refractivity contribution in [2.45, 2.75) is 0 Å². The molecule has 1 aromatic heterocycles. The predicted octanol–water partition coefficient (Wildman–Crippen LogP) is 3.48. The highest BCUT2D eigenvalue weighted by Crippen LogP contribution is 2.15. The standard InChI is InChI=1S/C19H14N2O5/c22-17(20-14-9-5-13(6-10-14)19(24)25)12-3-7-15(8-4-12)21-18(23)16-2-1-11-26-16/h1-11H,(H,20,22)(H,21,23)(H,24,25). The van der Waals surface area contributed by atoms with Crippen molar-refractivity contribution in [2.75, 3.05) is 10.6 Å². The molecule has 2 aromatic carbocycles. The van der Waals surface area contributed by atoms with Crippen molar-refractivity contribution in [1.82, 2.24) is 0 Å². The minimum atomic E-state index is -1.03. The Hall–Kier alpha value is -3.87. The van der Waals surface area contributed by atoms with E-state index in [1.165, 1.54) is 30.5 Å². The molecular formula is C19H14N2O5. The molecule has 2 amide bonds. The normalized spacial score (nSPS) is 10.2. The van der Waals surface area contributed by atoms with Gasteiger partial charge in [0, 0.05) is 16.9 Å². The van der Waals surface area contributed by atoms with Crippen molar-refractivity contribution >= 4 is 29.2 Å². The van der Waals surface area contributed by atoms with E-state index in [0.29, 0.717) is 16.9 Å². The number of aromatic carboxylic acids is 1. The predicted molar refractivity (Wildman–Crippen MR) is 94.5 cm³/mol. The molecule has 130 valence electrons. The summed E-state index contributed by atoms with van der Waals surface area (Å²) in [5.74, 6) is -1.57. The molecule has 0 saturated carbocycles. The van der Waals surface area contributed by atoms with Gasteiger partial charge >= 0.3 is 5.97 Å². The Bertz CT molecular complexity index is 929. The van der Waals surface area contributed by atoms with Crippen LogP contribution in [0.15, 0.2) is 71.3 Å². The Morgan fingerprint density at radius 2 is 1.27 bits per heavy atom. The van der Waals surface area contributed by atoms with Gasteiger partial charge in [0.25, 0.3) is 11.8 Å². The number of carboxylic acid groups (broad SMARTS) is 1. The van der Waals surface area contributed by atoms with Crippen molar-refractivity contribution in [3.63, 3.8) is 0 Å². The van der Waals surface area contributed by atoms with E-state index in [2.05, 4.69) is 10.6 Å². The number of anilines is 2. The van der Waals surface area contributed by atoms with Gasteiger partial charge in [-0.05, 0) is 60.7 Å². The van der Waals surface area contributed by atoms with Gasteiger partial charge in [-0.1, -0.05) is 0 Å². The number of rotatable bonds is 5. The summed E-state index contributed by atoms with van der Waals surface area (Å²) in [6.45, 7) is 0. The minimum absolute atomic E-state index is 0.139. The molecule has 0 aliphatic rings. The smallest absolute Gasteiger partial charge is 0.335 e. The highest BCUT2D eigenvalue weighted by molar-refractivity contribution is 6.05. The number of nitrogens with one attached hydrogen (secondary N) is 2. The topological polar surface area (TPSA) is 109 Å². The van der Waals surface area contributed by atoms with Crippen LogP contribution in [0.2, 0.25) is 0 Å². The Labute approximate surface area is 148 Å². The van der Waals surface area contributed by atoms with Gasteiger partial charge in [-0.25, -0.2) is 4.79 Å². The van der Waals surface area contributed by atoms with Crippen molar-refractivity contribution < 1.29 is 23.9 Å². The van der Waals surface area contributed by atoms with Crippen LogP contribution in [0.3, 0.4) is 0 Å². The third-order valence-electron chi connectivity index (χ3n) is 3.54. The van der Waals surface area contributed by atoms with E-state index in [9.17, 15) is 14.4 Å². The molecule has 3 N–H and O–H groups in total. The summed E-state index contributed by atoms with van der Waals surface area (Å²) in [6, 6.07) is 15.3. The maximum atomic E-state index is 12.2. The number of hydrogen-bond donors (Lipinski definition) is 3. The van der Waals surface area contributed by atoms with Crippen molar-refractivity contribution in [2.24, 2.45) is 0 Å². The van der Waals surface area contributed by atoms with Gasteiger partial charge in [0.15, 0.2) is 5.76 Å². The average molecular weight is 350 g/mol. The Balaban J connectivity index is 1.63. The number of carbonyl (C=O) groups is 3. The van der Waals surface area contributed by atoms with E-state index in [1.54, 1.807) is 36.4 Å². The Morgan fingerprint density at radius 1 is 0.731 bits per heavy atom. The molecule has 3 rings (SSSR count). The summed E-state index contributed by atoms with van der Waals surface area (Å²) in [4.78, 5) is 34.9. The molecule has 0 spiro atoms. The van der Waals surface area contributed by atoms with Gasteiger partial charge in [0.2, 0.25) is 0 Å². The maximum absolute atomic E-state index is 12.2. The lowest BCUT2D eigenvalue weighted by molar-refractivity contribution is 0.0696. The van der Waals surface area contributed by atoms with E-state index in [-0.39, 0.29) is 23.1 Å². The highest BCUT2D eigenvalue weighted by atomic mass is 16.4. The zero-order chi connectivity index (χ0) is 18.5. The molecule has 0 radical (unpaired) electrons. The summed E-state index contributed by atoms with van der Waals surface area (Å²) in [6.07, 6.45) is 1.41. The highest BCUT2D eigenvalue weighted by Gasteiger charge is 2.10. The number of carbonyl (C=O) groups excluding carboxylic acids is 2. The first kappa shape index (κ1) is 17.0. The number of hydrogen-bond acceptors (Lipinski definition) is 4. The van der Waals surface area contributed by atoms with Crippen LogP contribution < -0.4 is 10.6 Å². The van der Waals surface area contributed by atoms with Crippen LogP contribution in [0.25, 0.3) is 0 Å². The molecule has 0 fully saturated rings. The largest absolute Gasteiger partial charge is 0.478 e. The van der Waals surface area contributed by atoms with Crippen LogP contribution >= 0.6 is 0 Å². The van der Waals surface area contributed by atoms with Crippen molar-refractivity contribution in [3.8, 4) is 0 Å². The zero-order valence-electron chi connectivity index (χ0n) is 13.4. The first-order valence-corrected chi connectivity index (χ1v) is 7.62. The number of furan rings is 1. The molecule has 7 heteroatoms. The Morgan fingerprint density at radius 3 is 1.77 bits per heavy atom. The van der Waals surface area contributed by atoms with Crippen LogP contribution in [0.5, 0.6) is 0 Å². The lowest BCUT2D eigenvalue weighted by atomic mass is 10.1. The lowest BCUT2D eigenvalue weighted by Crippen LogP contribution is -2.13. The van der Waals surface area contributed by atoms with E-state index in [4.69, 9.17) is 9.52 Å². The quantitative estimate of drug-likeness (QED) is 0.653. The number of benzene rings is 2. The molecule has 26 heavy (non-hydrogen) atoms. The van der Waals surface area contributed by atoms with Crippen LogP contribution in [-0.4, -0.2) is 22.9 Å². The summed E-state index contributed by atoms with van der Waals surface area (Å²) in [5, 5.41) is 14.2. The third kappa shape index (κ3) is 3.96. The van der Waals surface area contributed by atoms with Crippen LogP contribution in [0, 0.1) is 0 Å². The number of amides is 2. The number of carboxylic acids is 1. The fraction of sp³-hybridized carbons (Fsp3) is 0. The van der Waals surface area contributed by atoms with E-state index in [1.807, 2.05) is 0 Å². The summed E-state index contributed by atoms with van der Waals surface area (Å²) >= 11 is 0. The molecule has 0 bridgehead atoms. The lowest BCUT2D eigenvalue weighted by Gasteiger charge is -2.07. The van der Waals surface area contributed by atoms with Gasteiger partial charge in [-0.3, -0.25) is 9.59 Å². The van der Waals surface area contributed by atoms with Gasteiger partial charge < -0.3 is 20.2 Å². The fourth-order valence-corrected chi connectivity index (χ4v) is 2.20. The van der Waals surface area contributed by atoms with Crippen LogP contribution in [-0.2, 0) is 0 Å². The first-order chi connectivity index (χ1) is 12.5. The van der Waals surface area contributed by atoms with Gasteiger partial charge in [0.1, 0.15) is 0 Å².